The molecule has 0 bridgehead atoms. The summed E-state index contributed by atoms with van der Waals surface area (Å²) >= 11 is 6.13. The van der Waals surface area contributed by atoms with Crippen LogP contribution in [0.3, 0.4) is 0 Å². The number of carbonyl (C=O) groups excluding carboxylic acids is 1. The number of pyridine rings is 1. The molecule has 2 aromatic rings. The van der Waals surface area contributed by atoms with Gasteiger partial charge in [0.15, 0.2) is 0 Å². The summed E-state index contributed by atoms with van der Waals surface area (Å²) in [6.07, 6.45) is 2.46. The summed E-state index contributed by atoms with van der Waals surface area (Å²) < 4.78 is 27.0. The fourth-order valence-electron chi connectivity index (χ4n) is 2.08. The van der Waals surface area contributed by atoms with Gasteiger partial charge in [-0.1, -0.05) is 23.7 Å². The van der Waals surface area contributed by atoms with Crippen molar-refractivity contribution in [2.24, 2.45) is 0 Å². The normalized spacial score (nSPS) is 11.2. The number of halogens is 1. The Balaban J connectivity index is 2.38. The van der Waals surface area contributed by atoms with Crippen molar-refractivity contribution in [1.82, 2.24) is 15.0 Å². The number of carbonyl (C=O) groups is 1. The van der Waals surface area contributed by atoms with Crippen LogP contribution >= 0.6 is 11.6 Å². The molecule has 7 nitrogen and oxygen atoms in total. The Bertz CT molecular complexity index is 885. The Morgan fingerprint density at radius 1 is 1.24 bits per heavy atom. The predicted octanol–water partition coefficient (Wildman–Crippen LogP) is 3.18. The van der Waals surface area contributed by atoms with Gasteiger partial charge in [-0.05, 0) is 38.5 Å². The van der Waals surface area contributed by atoms with Gasteiger partial charge in [0.25, 0.3) is 10.0 Å². The number of rotatable bonds is 5. The minimum atomic E-state index is -4.16. The second kappa shape index (κ2) is 7.71. The minimum absolute atomic E-state index is 0.119. The Labute approximate surface area is 151 Å². The highest BCUT2D eigenvalue weighted by molar-refractivity contribution is 7.90. The molecule has 0 aliphatic heterocycles. The number of hydrogen-bond acceptors (Lipinski definition) is 5. The summed E-state index contributed by atoms with van der Waals surface area (Å²) in [5.41, 5.74) is 1.80. The number of amides is 2. The smallest absolute Gasteiger partial charge is 0.328 e. The van der Waals surface area contributed by atoms with Crippen molar-refractivity contribution < 1.29 is 13.2 Å². The fourth-order valence-corrected chi connectivity index (χ4v) is 3.38. The zero-order valence-corrected chi connectivity index (χ0v) is 15.6. The summed E-state index contributed by atoms with van der Waals surface area (Å²) in [7, 11) is -4.16. The highest BCUT2D eigenvalue weighted by Crippen LogP contribution is 2.31. The van der Waals surface area contributed by atoms with Gasteiger partial charge in [-0.25, -0.2) is 17.9 Å². The van der Waals surface area contributed by atoms with E-state index < -0.39 is 16.1 Å². The standard InChI is InChI=1S/C16H19ClN4O3S/c1-10(2)19-16(22)21-25(23,24)14-9-18-8-13(17)15(14)20-12-6-4-5-11(3)7-12/h4-10H,1-3H3,(H,18,20)(H2,19,21,22). The number of anilines is 2. The molecule has 0 aliphatic rings. The van der Waals surface area contributed by atoms with Crippen molar-refractivity contribution in [3.8, 4) is 0 Å². The molecular weight excluding hydrogens is 364 g/mol. The van der Waals surface area contributed by atoms with E-state index in [0.717, 1.165) is 11.8 Å². The van der Waals surface area contributed by atoms with Crippen molar-refractivity contribution in [3.05, 3.63) is 47.2 Å². The monoisotopic (exact) mass is 382 g/mol. The Morgan fingerprint density at radius 2 is 1.96 bits per heavy atom. The molecule has 0 aliphatic carbocycles. The van der Waals surface area contributed by atoms with Gasteiger partial charge in [0.1, 0.15) is 4.90 Å². The van der Waals surface area contributed by atoms with Crippen molar-refractivity contribution in [1.29, 1.82) is 0 Å². The van der Waals surface area contributed by atoms with E-state index in [2.05, 4.69) is 15.6 Å². The minimum Gasteiger partial charge on any atom is -0.353 e. The Morgan fingerprint density at radius 3 is 2.60 bits per heavy atom. The number of hydrogen-bond donors (Lipinski definition) is 3. The first-order chi connectivity index (χ1) is 11.7. The van der Waals surface area contributed by atoms with Crippen molar-refractivity contribution in [2.75, 3.05) is 5.32 Å². The number of benzene rings is 1. The molecule has 134 valence electrons. The lowest BCUT2D eigenvalue weighted by Crippen LogP contribution is -2.42. The van der Waals surface area contributed by atoms with E-state index in [1.807, 2.05) is 29.8 Å². The summed E-state index contributed by atoms with van der Waals surface area (Å²) in [5.74, 6) is 0. The number of aromatic nitrogens is 1. The second-order valence-corrected chi connectivity index (χ2v) is 7.78. The van der Waals surface area contributed by atoms with Crippen molar-refractivity contribution in [2.45, 2.75) is 31.7 Å². The SMILES string of the molecule is Cc1cccc(Nc2c(Cl)cncc2S(=O)(=O)NC(=O)NC(C)C)c1. The summed E-state index contributed by atoms with van der Waals surface area (Å²) in [6.45, 7) is 5.35. The summed E-state index contributed by atoms with van der Waals surface area (Å²) in [4.78, 5) is 15.4. The van der Waals surface area contributed by atoms with Gasteiger partial charge in [-0.3, -0.25) is 4.98 Å². The van der Waals surface area contributed by atoms with E-state index in [1.54, 1.807) is 19.9 Å². The first-order valence-electron chi connectivity index (χ1n) is 7.49. The molecule has 1 aromatic heterocycles. The maximum Gasteiger partial charge on any atom is 0.328 e. The van der Waals surface area contributed by atoms with Gasteiger partial charge in [0.2, 0.25) is 0 Å². The topological polar surface area (TPSA) is 100 Å². The molecule has 9 heteroatoms. The maximum absolute atomic E-state index is 12.5. The van der Waals surface area contributed by atoms with Crippen LogP contribution in [0.15, 0.2) is 41.6 Å². The highest BCUT2D eigenvalue weighted by Gasteiger charge is 2.24. The van der Waals surface area contributed by atoms with Crippen LogP contribution in [0.1, 0.15) is 19.4 Å². The van der Waals surface area contributed by atoms with Gasteiger partial charge < -0.3 is 10.6 Å². The average Bonchev–Trinajstić information content (AvgIpc) is 2.47. The second-order valence-electron chi connectivity index (χ2n) is 5.72. The van der Waals surface area contributed by atoms with Crippen LogP contribution in [0.5, 0.6) is 0 Å². The van der Waals surface area contributed by atoms with Gasteiger partial charge in [-0.15, -0.1) is 0 Å². The molecule has 0 saturated heterocycles. The van der Waals surface area contributed by atoms with E-state index >= 15 is 0 Å². The van der Waals surface area contributed by atoms with Crippen LogP contribution < -0.4 is 15.4 Å². The first-order valence-corrected chi connectivity index (χ1v) is 9.35. The van der Waals surface area contributed by atoms with Crippen LogP contribution in [0, 0.1) is 6.92 Å². The molecule has 3 N–H and O–H groups in total. The number of aryl methyl sites for hydroxylation is 1. The molecule has 1 aromatic carbocycles. The van der Waals surface area contributed by atoms with Gasteiger partial charge in [-0.2, -0.15) is 0 Å². The van der Waals surface area contributed by atoms with Crippen LogP contribution in [0.2, 0.25) is 5.02 Å². The zero-order chi connectivity index (χ0) is 18.6. The van der Waals surface area contributed by atoms with Gasteiger partial charge in [0, 0.05) is 24.1 Å². The maximum atomic E-state index is 12.5. The molecule has 2 rings (SSSR count). The number of sulfonamides is 1. The lowest BCUT2D eigenvalue weighted by molar-refractivity contribution is 0.243. The lowest BCUT2D eigenvalue weighted by Gasteiger charge is -2.15. The molecule has 2 amide bonds. The Hall–Kier alpha value is -2.32. The molecule has 0 spiro atoms. The van der Waals surface area contributed by atoms with Crippen molar-refractivity contribution in [3.63, 3.8) is 0 Å². The quantitative estimate of drug-likeness (QED) is 0.737. The van der Waals surface area contributed by atoms with Gasteiger partial charge in [0.05, 0.1) is 10.7 Å². The van der Waals surface area contributed by atoms with Gasteiger partial charge >= 0.3 is 6.03 Å². The van der Waals surface area contributed by atoms with Crippen LogP contribution in [-0.4, -0.2) is 25.5 Å². The third-order valence-electron chi connectivity index (χ3n) is 3.09. The predicted molar refractivity (Wildman–Crippen MR) is 97.7 cm³/mol. The fraction of sp³-hybridized carbons (Fsp3) is 0.250. The first kappa shape index (κ1) is 19.0. The van der Waals surface area contributed by atoms with E-state index in [1.165, 1.54) is 6.20 Å². The molecule has 0 unspecified atom stereocenters. The summed E-state index contributed by atoms with van der Waals surface area (Å²) in [5, 5.41) is 5.55. The molecule has 0 fully saturated rings. The highest BCUT2D eigenvalue weighted by atomic mass is 35.5. The molecule has 25 heavy (non-hydrogen) atoms. The largest absolute Gasteiger partial charge is 0.353 e. The molecular formula is C16H19ClN4O3S. The summed E-state index contributed by atoms with van der Waals surface area (Å²) in [6, 6.07) is 6.32. The molecule has 0 atom stereocenters. The molecule has 0 saturated carbocycles. The zero-order valence-electron chi connectivity index (χ0n) is 14.0. The number of nitrogens with zero attached hydrogens (tertiary/aromatic N) is 1. The third kappa shape index (κ3) is 5.07. The van der Waals surface area contributed by atoms with E-state index in [9.17, 15) is 13.2 Å². The Kier molecular flexibility index (Phi) is 5.86. The lowest BCUT2D eigenvalue weighted by atomic mass is 10.2. The van der Waals surface area contributed by atoms with Crippen LogP contribution in [0.25, 0.3) is 0 Å². The van der Waals surface area contributed by atoms with Crippen LogP contribution in [-0.2, 0) is 10.0 Å². The third-order valence-corrected chi connectivity index (χ3v) is 4.72. The molecule has 0 radical (unpaired) electrons. The van der Waals surface area contributed by atoms with E-state index in [-0.39, 0.29) is 21.6 Å². The number of urea groups is 1. The molecule has 1 heterocycles. The van der Waals surface area contributed by atoms with E-state index in [0.29, 0.717) is 5.69 Å². The van der Waals surface area contributed by atoms with Crippen LogP contribution in [0.4, 0.5) is 16.2 Å². The number of nitrogens with one attached hydrogen (secondary N) is 3. The van der Waals surface area contributed by atoms with Crippen molar-refractivity contribution >= 4 is 39.0 Å². The van der Waals surface area contributed by atoms with E-state index in [4.69, 9.17) is 11.6 Å². The average molecular weight is 383 g/mol.